The van der Waals surface area contributed by atoms with Gasteiger partial charge in [-0.2, -0.15) is 0 Å². The standard InChI is InChI=1S/C24H16ClN3O6/c25-17-7-3-5-15(11-17)14-34-21-10-2-1-6-16(21)12-20-22(29)26-24(31)27(23(20)30)18-8-4-9-19(13-18)28(32)33/h1-13H,14H2,(H,26,29,31)/b20-12+. The van der Waals surface area contributed by atoms with Crippen LogP contribution in [-0.4, -0.2) is 22.8 Å². The Morgan fingerprint density at radius 3 is 2.53 bits per heavy atom. The molecule has 3 aromatic rings. The van der Waals surface area contributed by atoms with Crippen LogP contribution in [0, 0.1) is 10.1 Å². The summed E-state index contributed by atoms with van der Waals surface area (Å²) in [6.45, 7) is 0.194. The van der Waals surface area contributed by atoms with Crippen molar-refractivity contribution in [2.45, 2.75) is 6.61 Å². The van der Waals surface area contributed by atoms with Crippen LogP contribution in [0.1, 0.15) is 11.1 Å². The van der Waals surface area contributed by atoms with Crippen molar-refractivity contribution in [1.29, 1.82) is 0 Å². The molecule has 1 aliphatic rings. The summed E-state index contributed by atoms with van der Waals surface area (Å²) in [4.78, 5) is 49.1. The van der Waals surface area contributed by atoms with Crippen molar-refractivity contribution < 1.29 is 24.0 Å². The van der Waals surface area contributed by atoms with E-state index in [2.05, 4.69) is 5.32 Å². The SMILES string of the molecule is O=C1NC(=O)N(c2cccc([N+](=O)[O-])c2)C(=O)/C1=C/c1ccccc1OCc1cccc(Cl)c1. The van der Waals surface area contributed by atoms with Crippen LogP contribution in [0.3, 0.4) is 0 Å². The maximum atomic E-state index is 13.1. The van der Waals surface area contributed by atoms with Gasteiger partial charge in [0, 0.05) is 22.7 Å². The molecule has 0 aliphatic carbocycles. The zero-order chi connectivity index (χ0) is 24.2. The molecule has 0 unspecified atom stereocenters. The monoisotopic (exact) mass is 477 g/mol. The van der Waals surface area contributed by atoms with E-state index in [4.69, 9.17) is 16.3 Å². The smallest absolute Gasteiger partial charge is 0.335 e. The summed E-state index contributed by atoms with van der Waals surface area (Å²) in [5.41, 5.74) is 0.575. The fourth-order valence-electron chi connectivity index (χ4n) is 3.31. The molecule has 0 bridgehead atoms. The van der Waals surface area contributed by atoms with Crippen molar-refractivity contribution in [3.63, 3.8) is 0 Å². The Hall–Kier alpha value is -4.50. The molecule has 1 fully saturated rings. The Bertz CT molecular complexity index is 1350. The van der Waals surface area contributed by atoms with Gasteiger partial charge in [0.1, 0.15) is 17.9 Å². The summed E-state index contributed by atoms with van der Waals surface area (Å²) in [6, 6.07) is 17.9. The predicted octanol–water partition coefficient (Wildman–Crippen LogP) is 4.49. The number of halogens is 1. The van der Waals surface area contributed by atoms with Crippen molar-refractivity contribution in [3.05, 3.63) is 105 Å². The molecular formula is C24H16ClN3O6. The number of benzene rings is 3. The van der Waals surface area contributed by atoms with Crippen LogP contribution >= 0.6 is 11.6 Å². The van der Waals surface area contributed by atoms with Gasteiger partial charge in [-0.05, 0) is 35.9 Å². The van der Waals surface area contributed by atoms with Crippen LogP contribution in [0.25, 0.3) is 6.08 Å². The van der Waals surface area contributed by atoms with Gasteiger partial charge in [-0.15, -0.1) is 0 Å². The number of para-hydroxylation sites is 1. The van der Waals surface area contributed by atoms with Gasteiger partial charge in [-0.1, -0.05) is 48.0 Å². The van der Waals surface area contributed by atoms with E-state index in [-0.39, 0.29) is 23.6 Å². The molecule has 0 aromatic heterocycles. The van der Waals surface area contributed by atoms with Crippen molar-refractivity contribution in [1.82, 2.24) is 5.32 Å². The third kappa shape index (κ3) is 4.79. The lowest BCUT2D eigenvalue weighted by Crippen LogP contribution is -2.54. The fourth-order valence-corrected chi connectivity index (χ4v) is 3.53. The number of rotatable bonds is 6. The van der Waals surface area contributed by atoms with Crippen molar-refractivity contribution in [2.24, 2.45) is 0 Å². The van der Waals surface area contributed by atoms with Crippen LogP contribution in [-0.2, 0) is 16.2 Å². The van der Waals surface area contributed by atoms with Gasteiger partial charge in [-0.25, -0.2) is 9.69 Å². The highest BCUT2D eigenvalue weighted by Crippen LogP contribution is 2.28. The first kappa shape index (κ1) is 22.7. The lowest BCUT2D eigenvalue weighted by molar-refractivity contribution is -0.384. The molecule has 3 aromatic carbocycles. The number of nitro benzene ring substituents is 1. The second-order valence-electron chi connectivity index (χ2n) is 7.19. The maximum Gasteiger partial charge on any atom is 0.335 e. The number of hydrogen-bond donors (Lipinski definition) is 1. The molecule has 1 aliphatic heterocycles. The summed E-state index contributed by atoms with van der Waals surface area (Å²) in [5, 5.41) is 13.7. The van der Waals surface area contributed by atoms with E-state index < -0.39 is 22.8 Å². The normalized spacial score (nSPS) is 14.8. The van der Waals surface area contributed by atoms with Crippen LogP contribution < -0.4 is 15.0 Å². The largest absolute Gasteiger partial charge is 0.488 e. The van der Waals surface area contributed by atoms with Gasteiger partial charge in [0.25, 0.3) is 17.5 Å². The summed E-state index contributed by atoms with van der Waals surface area (Å²) < 4.78 is 5.86. The number of nitrogens with one attached hydrogen (secondary N) is 1. The minimum absolute atomic E-state index is 0.0411. The van der Waals surface area contributed by atoms with Crippen LogP contribution in [0.5, 0.6) is 5.75 Å². The highest BCUT2D eigenvalue weighted by Gasteiger charge is 2.37. The summed E-state index contributed by atoms with van der Waals surface area (Å²) in [5.74, 6) is -1.41. The number of anilines is 1. The number of barbiturate groups is 1. The number of nitrogens with zero attached hydrogens (tertiary/aromatic N) is 2. The average Bonchev–Trinajstić information content (AvgIpc) is 2.81. The molecule has 1 heterocycles. The maximum absolute atomic E-state index is 13.1. The zero-order valence-corrected chi connectivity index (χ0v) is 18.2. The fraction of sp³-hybridized carbons (Fsp3) is 0.0417. The zero-order valence-electron chi connectivity index (χ0n) is 17.4. The number of carbonyl (C=O) groups is 3. The molecule has 0 radical (unpaired) electrons. The predicted molar refractivity (Wildman–Crippen MR) is 124 cm³/mol. The minimum Gasteiger partial charge on any atom is -0.488 e. The first-order valence-electron chi connectivity index (χ1n) is 9.95. The summed E-state index contributed by atoms with van der Waals surface area (Å²) >= 11 is 6.01. The number of imide groups is 2. The quantitative estimate of drug-likeness (QED) is 0.242. The highest BCUT2D eigenvalue weighted by atomic mass is 35.5. The van der Waals surface area contributed by atoms with Gasteiger partial charge in [0.2, 0.25) is 0 Å². The van der Waals surface area contributed by atoms with E-state index in [1.54, 1.807) is 42.5 Å². The van der Waals surface area contributed by atoms with Gasteiger partial charge in [-0.3, -0.25) is 25.0 Å². The lowest BCUT2D eigenvalue weighted by atomic mass is 10.1. The van der Waals surface area contributed by atoms with E-state index in [0.717, 1.165) is 11.6 Å². The van der Waals surface area contributed by atoms with Gasteiger partial charge in [0.15, 0.2) is 0 Å². The molecule has 1 saturated heterocycles. The molecular weight excluding hydrogens is 462 g/mol. The van der Waals surface area contributed by atoms with Crippen molar-refractivity contribution >= 4 is 46.9 Å². The molecule has 9 nitrogen and oxygen atoms in total. The first-order chi connectivity index (χ1) is 16.3. The van der Waals surface area contributed by atoms with Crippen molar-refractivity contribution in [3.8, 4) is 5.75 Å². The van der Waals surface area contributed by atoms with Gasteiger partial charge >= 0.3 is 6.03 Å². The number of urea groups is 1. The second-order valence-corrected chi connectivity index (χ2v) is 7.63. The minimum atomic E-state index is -1.00. The Kier molecular flexibility index (Phi) is 6.37. The molecule has 0 spiro atoms. The molecule has 0 atom stereocenters. The van der Waals surface area contributed by atoms with Crippen LogP contribution in [0.15, 0.2) is 78.4 Å². The van der Waals surface area contributed by atoms with E-state index in [0.29, 0.717) is 21.2 Å². The molecule has 4 rings (SSSR count). The number of carbonyl (C=O) groups excluding carboxylic acids is 3. The van der Waals surface area contributed by atoms with Crippen LogP contribution in [0.2, 0.25) is 5.02 Å². The third-order valence-corrected chi connectivity index (χ3v) is 5.14. The van der Waals surface area contributed by atoms with E-state index in [1.165, 1.54) is 24.3 Å². The average molecular weight is 478 g/mol. The van der Waals surface area contributed by atoms with E-state index >= 15 is 0 Å². The first-order valence-corrected chi connectivity index (χ1v) is 10.3. The third-order valence-electron chi connectivity index (χ3n) is 4.90. The second kappa shape index (κ2) is 9.55. The van der Waals surface area contributed by atoms with Gasteiger partial charge in [0.05, 0.1) is 10.6 Å². The van der Waals surface area contributed by atoms with E-state index in [1.807, 2.05) is 6.07 Å². The van der Waals surface area contributed by atoms with E-state index in [9.17, 15) is 24.5 Å². The molecule has 1 N–H and O–H groups in total. The number of non-ortho nitro benzene ring substituents is 1. The number of ether oxygens (including phenoxy) is 1. The number of amides is 4. The Morgan fingerprint density at radius 1 is 1.00 bits per heavy atom. The molecule has 0 saturated carbocycles. The topological polar surface area (TPSA) is 119 Å². The van der Waals surface area contributed by atoms with Crippen molar-refractivity contribution in [2.75, 3.05) is 4.90 Å². The lowest BCUT2D eigenvalue weighted by Gasteiger charge is -2.26. The Balaban J connectivity index is 1.65. The molecule has 4 amide bonds. The summed E-state index contributed by atoms with van der Waals surface area (Å²) in [6.07, 6.45) is 1.31. The molecule has 34 heavy (non-hydrogen) atoms. The Morgan fingerprint density at radius 2 is 1.76 bits per heavy atom. The van der Waals surface area contributed by atoms with Gasteiger partial charge < -0.3 is 4.74 Å². The van der Waals surface area contributed by atoms with Crippen LogP contribution in [0.4, 0.5) is 16.2 Å². The number of nitro groups is 1. The highest BCUT2D eigenvalue weighted by molar-refractivity contribution is 6.39. The molecule has 170 valence electrons. The number of hydrogen-bond acceptors (Lipinski definition) is 6. The Labute approximate surface area is 198 Å². The summed E-state index contributed by atoms with van der Waals surface area (Å²) in [7, 11) is 0. The molecule has 10 heteroatoms.